The van der Waals surface area contributed by atoms with E-state index >= 15 is 0 Å². The highest BCUT2D eigenvalue weighted by Gasteiger charge is 2.36. The van der Waals surface area contributed by atoms with E-state index in [1.807, 2.05) is 45.9 Å². The fraction of sp³-hybridized carbons (Fsp3) is 0.500. The number of hydrogen-bond acceptors (Lipinski definition) is 2. The molecule has 1 atom stereocenters. The summed E-state index contributed by atoms with van der Waals surface area (Å²) in [6.45, 7) is 8.52. The number of carbonyl (C=O) groups is 2. The number of benzene rings is 1. The summed E-state index contributed by atoms with van der Waals surface area (Å²) in [7, 11) is 0. The van der Waals surface area contributed by atoms with E-state index in [1.165, 1.54) is 0 Å². The number of urea groups is 1. The van der Waals surface area contributed by atoms with Gasteiger partial charge in [-0.3, -0.25) is 4.79 Å². The Kier molecular flexibility index (Phi) is 4.80. The average molecular weight is 368 g/mol. The topological polar surface area (TPSA) is 61.4 Å². The van der Waals surface area contributed by atoms with Crippen LogP contribution in [-0.4, -0.2) is 35.0 Å². The zero-order valence-corrected chi connectivity index (χ0v) is 15.0. The number of likely N-dealkylation sites (tertiary alicyclic amines) is 1. The van der Waals surface area contributed by atoms with Gasteiger partial charge in [0.2, 0.25) is 5.91 Å². The van der Waals surface area contributed by atoms with Gasteiger partial charge in [0.05, 0.1) is 11.7 Å². The van der Waals surface area contributed by atoms with E-state index in [0.29, 0.717) is 18.7 Å². The third-order valence-corrected chi connectivity index (χ3v) is 4.30. The monoisotopic (exact) mass is 367 g/mol. The fourth-order valence-electron chi connectivity index (χ4n) is 2.52. The molecular formula is C16H22BrN3O2. The summed E-state index contributed by atoms with van der Waals surface area (Å²) < 4.78 is 0.835. The Labute approximate surface area is 139 Å². The Balaban J connectivity index is 1.94. The minimum atomic E-state index is -0.293. The van der Waals surface area contributed by atoms with Gasteiger partial charge in [-0.25, -0.2) is 4.79 Å². The highest BCUT2D eigenvalue weighted by Crippen LogP contribution is 2.24. The van der Waals surface area contributed by atoms with Crippen LogP contribution in [0.25, 0.3) is 0 Å². The molecule has 2 rings (SSSR count). The molecule has 2 N–H and O–H groups in total. The van der Waals surface area contributed by atoms with Gasteiger partial charge in [0, 0.05) is 23.0 Å². The normalized spacial score (nSPS) is 18.5. The smallest absolute Gasteiger partial charge is 0.319 e. The van der Waals surface area contributed by atoms with Crippen LogP contribution < -0.4 is 10.6 Å². The van der Waals surface area contributed by atoms with Crippen LogP contribution in [0.3, 0.4) is 0 Å². The number of amides is 3. The van der Waals surface area contributed by atoms with Crippen molar-refractivity contribution in [2.75, 3.05) is 11.9 Å². The van der Waals surface area contributed by atoms with E-state index in [1.54, 1.807) is 4.90 Å². The van der Waals surface area contributed by atoms with Crippen molar-refractivity contribution >= 4 is 33.6 Å². The number of nitrogens with zero attached hydrogens (tertiary/aromatic N) is 1. The fourth-order valence-corrected chi connectivity index (χ4v) is 3.11. The number of rotatable bonds is 2. The molecule has 1 fully saturated rings. The van der Waals surface area contributed by atoms with Gasteiger partial charge in [0.15, 0.2) is 0 Å². The number of aryl methyl sites for hydroxylation is 1. The molecular weight excluding hydrogens is 346 g/mol. The van der Waals surface area contributed by atoms with Crippen LogP contribution in [0, 0.1) is 6.92 Å². The predicted octanol–water partition coefficient (Wildman–Crippen LogP) is 3.28. The van der Waals surface area contributed by atoms with Crippen molar-refractivity contribution in [3.8, 4) is 0 Å². The van der Waals surface area contributed by atoms with Gasteiger partial charge in [-0.1, -0.05) is 6.07 Å². The van der Waals surface area contributed by atoms with Crippen molar-refractivity contribution < 1.29 is 9.59 Å². The first-order valence-corrected chi connectivity index (χ1v) is 8.10. The maximum atomic E-state index is 12.1. The van der Waals surface area contributed by atoms with Crippen molar-refractivity contribution in [3.05, 3.63) is 28.2 Å². The van der Waals surface area contributed by atoms with Gasteiger partial charge in [0.1, 0.15) is 0 Å². The second-order valence-corrected chi connectivity index (χ2v) is 7.51. The molecule has 1 aromatic carbocycles. The highest BCUT2D eigenvalue weighted by atomic mass is 79.9. The van der Waals surface area contributed by atoms with Crippen molar-refractivity contribution in [2.24, 2.45) is 0 Å². The Morgan fingerprint density at radius 2 is 2.05 bits per heavy atom. The van der Waals surface area contributed by atoms with E-state index in [-0.39, 0.29) is 23.5 Å². The van der Waals surface area contributed by atoms with Crippen LogP contribution in [0.5, 0.6) is 0 Å². The Morgan fingerprint density at radius 3 is 2.59 bits per heavy atom. The van der Waals surface area contributed by atoms with E-state index in [2.05, 4.69) is 26.6 Å². The van der Waals surface area contributed by atoms with E-state index < -0.39 is 0 Å². The molecule has 0 spiro atoms. The summed E-state index contributed by atoms with van der Waals surface area (Å²) in [6, 6.07) is 5.27. The number of nitrogens with one attached hydrogen (secondary N) is 2. The molecule has 0 bridgehead atoms. The maximum Gasteiger partial charge on any atom is 0.319 e. The standard InChI is InChI=1S/C16H22BrN3O2/c1-10-5-6-13(12(17)7-10)19-15(22)18-11-8-14(21)20(9-11)16(2,3)4/h5-7,11H,8-9H2,1-4H3,(H2,18,19,22). The van der Waals surface area contributed by atoms with Gasteiger partial charge in [-0.2, -0.15) is 0 Å². The van der Waals surface area contributed by atoms with E-state index in [0.717, 1.165) is 10.0 Å². The second-order valence-electron chi connectivity index (χ2n) is 6.66. The van der Waals surface area contributed by atoms with Crippen molar-refractivity contribution in [3.63, 3.8) is 0 Å². The summed E-state index contributed by atoms with van der Waals surface area (Å²) in [4.78, 5) is 25.9. The lowest BCUT2D eigenvalue weighted by Gasteiger charge is -2.32. The molecule has 1 saturated heterocycles. The SMILES string of the molecule is Cc1ccc(NC(=O)NC2CC(=O)N(C(C)(C)C)C2)c(Br)c1. The van der Waals surface area contributed by atoms with Crippen LogP contribution >= 0.6 is 15.9 Å². The lowest BCUT2D eigenvalue weighted by atomic mass is 10.1. The Bertz CT molecular complexity index is 596. The van der Waals surface area contributed by atoms with Crippen molar-refractivity contribution in [1.82, 2.24) is 10.2 Å². The third-order valence-electron chi connectivity index (χ3n) is 3.64. The highest BCUT2D eigenvalue weighted by molar-refractivity contribution is 9.10. The first kappa shape index (κ1) is 16.8. The predicted molar refractivity (Wildman–Crippen MR) is 90.9 cm³/mol. The summed E-state index contributed by atoms with van der Waals surface area (Å²) in [6.07, 6.45) is 0.347. The average Bonchev–Trinajstić information content (AvgIpc) is 2.73. The molecule has 0 aliphatic carbocycles. The molecule has 120 valence electrons. The molecule has 1 heterocycles. The first-order chi connectivity index (χ1) is 10.2. The van der Waals surface area contributed by atoms with Gasteiger partial charge >= 0.3 is 6.03 Å². The summed E-state index contributed by atoms with van der Waals surface area (Å²) in [5.41, 5.74) is 1.60. The van der Waals surface area contributed by atoms with Gasteiger partial charge in [-0.15, -0.1) is 0 Å². The molecule has 6 heteroatoms. The van der Waals surface area contributed by atoms with Gasteiger partial charge in [0.25, 0.3) is 0 Å². The van der Waals surface area contributed by atoms with E-state index in [9.17, 15) is 9.59 Å². The van der Waals surface area contributed by atoms with Gasteiger partial charge in [-0.05, 0) is 61.3 Å². The molecule has 1 aliphatic heterocycles. The Hall–Kier alpha value is -1.56. The zero-order valence-electron chi connectivity index (χ0n) is 13.4. The summed E-state index contributed by atoms with van der Waals surface area (Å²) in [5.74, 6) is 0.0781. The van der Waals surface area contributed by atoms with Crippen LogP contribution in [0.4, 0.5) is 10.5 Å². The summed E-state index contributed by atoms with van der Waals surface area (Å²) in [5, 5.41) is 5.67. The quantitative estimate of drug-likeness (QED) is 0.842. The molecule has 22 heavy (non-hydrogen) atoms. The number of anilines is 1. The zero-order chi connectivity index (χ0) is 16.5. The van der Waals surface area contributed by atoms with Crippen LogP contribution in [0.1, 0.15) is 32.8 Å². The number of carbonyl (C=O) groups excluding carboxylic acids is 2. The molecule has 0 aromatic heterocycles. The molecule has 0 radical (unpaired) electrons. The summed E-state index contributed by atoms with van der Waals surface area (Å²) >= 11 is 3.43. The Morgan fingerprint density at radius 1 is 1.36 bits per heavy atom. The number of hydrogen-bond donors (Lipinski definition) is 2. The molecule has 3 amide bonds. The largest absolute Gasteiger partial charge is 0.336 e. The van der Waals surface area contributed by atoms with Crippen molar-refractivity contribution in [2.45, 2.75) is 45.7 Å². The van der Waals surface area contributed by atoms with E-state index in [4.69, 9.17) is 0 Å². The molecule has 1 aliphatic rings. The molecule has 1 aromatic rings. The lowest BCUT2D eigenvalue weighted by molar-refractivity contribution is -0.131. The minimum Gasteiger partial charge on any atom is -0.336 e. The third kappa shape index (κ3) is 4.00. The van der Waals surface area contributed by atoms with Crippen LogP contribution in [-0.2, 0) is 4.79 Å². The maximum absolute atomic E-state index is 12.1. The van der Waals surface area contributed by atoms with Gasteiger partial charge < -0.3 is 15.5 Å². The van der Waals surface area contributed by atoms with Crippen LogP contribution in [0.2, 0.25) is 0 Å². The molecule has 1 unspecified atom stereocenters. The first-order valence-electron chi connectivity index (χ1n) is 7.31. The number of halogens is 1. The lowest BCUT2D eigenvalue weighted by Crippen LogP contribution is -2.45. The molecule has 0 saturated carbocycles. The van der Waals surface area contributed by atoms with Crippen LogP contribution in [0.15, 0.2) is 22.7 Å². The van der Waals surface area contributed by atoms with Crippen molar-refractivity contribution in [1.29, 1.82) is 0 Å². The minimum absolute atomic E-state index is 0.0781. The molecule has 5 nitrogen and oxygen atoms in total. The second kappa shape index (κ2) is 6.28.